The molecule has 0 saturated carbocycles. The van der Waals surface area contributed by atoms with Crippen molar-refractivity contribution in [2.75, 3.05) is 5.32 Å². The lowest BCUT2D eigenvalue weighted by molar-refractivity contribution is -0.385. The molecule has 8 heteroatoms. The summed E-state index contributed by atoms with van der Waals surface area (Å²) in [6, 6.07) is 13.1. The summed E-state index contributed by atoms with van der Waals surface area (Å²) >= 11 is 0. The van der Waals surface area contributed by atoms with E-state index in [0.717, 1.165) is 12.1 Å². The van der Waals surface area contributed by atoms with Crippen LogP contribution in [0.5, 0.6) is 11.5 Å². The summed E-state index contributed by atoms with van der Waals surface area (Å²) in [7, 11) is 0. The van der Waals surface area contributed by atoms with Crippen LogP contribution in [0.3, 0.4) is 0 Å². The third kappa shape index (κ3) is 2.55. The minimum atomic E-state index is -0.832. The van der Waals surface area contributed by atoms with Crippen molar-refractivity contribution in [3.8, 4) is 11.5 Å². The standard InChI is InChI=1S/C20H12N2O6/c23-11-8-13-16(14(9-11)22(27)28)20(26)17-12(19(13)25)6-7-15(24)18(17)21-10-4-2-1-3-5-10/h1-9,21,23-24H. The fraction of sp³-hybridized carbons (Fsp3) is 0. The molecule has 3 N–H and O–H groups in total. The summed E-state index contributed by atoms with van der Waals surface area (Å²) in [6.45, 7) is 0. The summed E-state index contributed by atoms with van der Waals surface area (Å²) in [5.41, 5.74) is -0.980. The van der Waals surface area contributed by atoms with Crippen molar-refractivity contribution in [1.82, 2.24) is 0 Å². The smallest absolute Gasteiger partial charge is 0.285 e. The number of nitrogens with one attached hydrogen (secondary N) is 1. The van der Waals surface area contributed by atoms with E-state index < -0.39 is 33.5 Å². The lowest BCUT2D eigenvalue weighted by Gasteiger charge is -2.21. The van der Waals surface area contributed by atoms with Crippen LogP contribution < -0.4 is 5.32 Å². The number of carbonyl (C=O) groups is 2. The van der Waals surface area contributed by atoms with Crippen LogP contribution in [-0.2, 0) is 0 Å². The molecule has 0 aliphatic heterocycles. The summed E-state index contributed by atoms with van der Waals surface area (Å²) in [4.78, 5) is 36.6. The molecular formula is C20H12N2O6. The molecule has 3 aromatic carbocycles. The number of nitro benzene ring substituents is 1. The zero-order valence-electron chi connectivity index (χ0n) is 14.2. The highest BCUT2D eigenvalue weighted by atomic mass is 16.6. The number of ketones is 2. The van der Waals surface area contributed by atoms with E-state index in [9.17, 15) is 29.9 Å². The third-order valence-electron chi connectivity index (χ3n) is 4.47. The fourth-order valence-electron chi connectivity index (χ4n) is 3.25. The summed E-state index contributed by atoms with van der Waals surface area (Å²) < 4.78 is 0. The average molecular weight is 376 g/mol. The Morgan fingerprint density at radius 2 is 1.57 bits per heavy atom. The lowest BCUT2D eigenvalue weighted by Crippen LogP contribution is -2.23. The van der Waals surface area contributed by atoms with E-state index in [1.165, 1.54) is 12.1 Å². The van der Waals surface area contributed by atoms with Gasteiger partial charge < -0.3 is 15.5 Å². The maximum Gasteiger partial charge on any atom is 0.285 e. The Labute approximate surface area is 157 Å². The van der Waals surface area contributed by atoms with E-state index >= 15 is 0 Å². The van der Waals surface area contributed by atoms with Crippen LogP contribution >= 0.6 is 0 Å². The molecule has 0 amide bonds. The molecule has 28 heavy (non-hydrogen) atoms. The number of nitro groups is 1. The third-order valence-corrected chi connectivity index (χ3v) is 4.47. The lowest BCUT2D eigenvalue weighted by atomic mass is 9.82. The maximum absolute atomic E-state index is 13.2. The van der Waals surface area contributed by atoms with Gasteiger partial charge in [0.25, 0.3) is 5.69 Å². The molecule has 3 aromatic rings. The molecule has 0 atom stereocenters. The highest BCUT2D eigenvalue weighted by Gasteiger charge is 2.38. The Bertz CT molecular complexity index is 1170. The fourth-order valence-corrected chi connectivity index (χ4v) is 3.25. The van der Waals surface area contributed by atoms with Crippen LogP contribution in [0.1, 0.15) is 31.8 Å². The number of fused-ring (bicyclic) bond motifs is 2. The minimum absolute atomic E-state index is 0.0185. The van der Waals surface area contributed by atoms with E-state index in [1.54, 1.807) is 30.3 Å². The van der Waals surface area contributed by atoms with Crippen LogP contribution in [-0.4, -0.2) is 26.7 Å². The van der Waals surface area contributed by atoms with Crippen molar-refractivity contribution in [3.63, 3.8) is 0 Å². The normalized spacial score (nSPS) is 12.3. The number of aromatic hydroxyl groups is 2. The molecule has 0 fully saturated rings. The van der Waals surface area contributed by atoms with Gasteiger partial charge in [0.15, 0.2) is 5.78 Å². The molecule has 0 saturated heterocycles. The van der Waals surface area contributed by atoms with Crippen LogP contribution in [0.15, 0.2) is 54.6 Å². The molecule has 8 nitrogen and oxygen atoms in total. The predicted molar refractivity (Wildman–Crippen MR) is 99.5 cm³/mol. The number of rotatable bonds is 3. The maximum atomic E-state index is 13.2. The molecular weight excluding hydrogens is 364 g/mol. The second kappa shape index (κ2) is 6.20. The molecule has 1 aliphatic carbocycles. The first-order chi connectivity index (χ1) is 13.4. The number of para-hydroxylation sites is 1. The second-order valence-corrected chi connectivity index (χ2v) is 6.18. The van der Waals surface area contributed by atoms with Gasteiger partial charge in [-0.3, -0.25) is 19.7 Å². The van der Waals surface area contributed by atoms with Gasteiger partial charge in [-0.25, -0.2) is 0 Å². The van der Waals surface area contributed by atoms with E-state index in [0.29, 0.717) is 5.69 Å². The number of hydrogen-bond acceptors (Lipinski definition) is 7. The zero-order chi connectivity index (χ0) is 20.0. The Kier molecular flexibility index (Phi) is 3.82. The van der Waals surface area contributed by atoms with Gasteiger partial charge >= 0.3 is 0 Å². The van der Waals surface area contributed by atoms with Gasteiger partial charge in [0.05, 0.1) is 22.2 Å². The van der Waals surface area contributed by atoms with Crippen LogP contribution in [0.2, 0.25) is 0 Å². The van der Waals surface area contributed by atoms with Crippen molar-refractivity contribution in [2.45, 2.75) is 0 Å². The van der Waals surface area contributed by atoms with Crippen molar-refractivity contribution in [1.29, 1.82) is 0 Å². The van der Waals surface area contributed by atoms with Gasteiger partial charge in [-0.05, 0) is 30.3 Å². The van der Waals surface area contributed by atoms with Crippen molar-refractivity contribution < 1.29 is 24.7 Å². The number of hydrogen-bond donors (Lipinski definition) is 3. The number of nitrogens with zero attached hydrogens (tertiary/aromatic N) is 1. The SMILES string of the molecule is O=C1c2cc(O)cc([N+](=O)[O-])c2C(=O)c2c1ccc(O)c2Nc1ccccc1. The molecule has 0 unspecified atom stereocenters. The first kappa shape index (κ1) is 17.2. The van der Waals surface area contributed by atoms with Gasteiger partial charge in [-0.1, -0.05) is 18.2 Å². The van der Waals surface area contributed by atoms with E-state index in [1.807, 2.05) is 0 Å². The molecule has 0 radical (unpaired) electrons. The monoisotopic (exact) mass is 376 g/mol. The second-order valence-electron chi connectivity index (χ2n) is 6.18. The van der Waals surface area contributed by atoms with Gasteiger partial charge in [-0.2, -0.15) is 0 Å². The highest BCUT2D eigenvalue weighted by molar-refractivity contribution is 6.32. The van der Waals surface area contributed by atoms with Gasteiger partial charge in [-0.15, -0.1) is 0 Å². The van der Waals surface area contributed by atoms with Crippen LogP contribution in [0, 0.1) is 10.1 Å². The quantitative estimate of drug-likeness (QED) is 0.283. The Hall–Kier alpha value is -4.20. The Morgan fingerprint density at radius 1 is 0.857 bits per heavy atom. The molecule has 0 bridgehead atoms. The topological polar surface area (TPSA) is 130 Å². The molecule has 138 valence electrons. The predicted octanol–water partition coefficient (Wildman–Crippen LogP) is 3.53. The average Bonchev–Trinajstić information content (AvgIpc) is 2.67. The number of phenolic OH excluding ortho intramolecular Hbond substituents is 2. The van der Waals surface area contributed by atoms with Gasteiger partial charge in [0.2, 0.25) is 5.78 Å². The molecule has 0 aromatic heterocycles. The van der Waals surface area contributed by atoms with Crippen LogP contribution in [0.25, 0.3) is 0 Å². The molecule has 0 heterocycles. The number of anilines is 2. The Morgan fingerprint density at radius 3 is 2.25 bits per heavy atom. The first-order valence-electron chi connectivity index (χ1n) is 8.17. The summed E-state index contributed by atoms with van der Waals surface area (Å²) in [5, 5.41) is 34.3. The van der Waals surface area contributed by atoms with E-state index in [4.69, 9.17) is 0 Å². The molecule has 0 spiro atoms. The van der Waals surface area contributed by atoms with Gasteiger partial charge in [0.1, 0.15) is 17.1 Å². The number of phenols is 2. The molecule has 1 aliphatic rings. The first-order valence-corrected chi connectivity index (χ1v) is 8.17. The van der Waals surface area contributed by atoms with E-state index in [-0.39, 0.29) is 28.1 Å². The van der Waals surface area contributed by atoms with Crippen molar-refractivity contribution in [3.05, 3.63) is 87.0 Å². The number of carbonyl (C=O) groups excluding carboxylic acids is 2. The summed E-state index contributed by atoms with van der Waals surface area (Å²) in [5.74, 6) is -2.21. The number of benzene rings is 3. The van der Waals surface area contributed by atoms with Crippen LogP contribution in [0.4, 0.5) is 17.1 Å². The Balaban J connectivity index is 1.97. The zero-order valence-corrected chi connectivity index (χ0v) is 14.2. The molecule has 4 rings (SSSR count). The largest absolute Gasteiger partial charge is 0.508 e. The summed E-state index contributed by atoms with van der Waals surface area (Å²) in [6.07, 6.45) is 0. The van der Waals surface area contributed by atoms with Crippen molar-refractivity contribution >= 4 is 28.6 Å². The van der Waals surface area contributed by atoms with Gasteiger partial charge in [0, 0.05) is 16.8 Å². The van der Waals surface area contributed by atoms with Crippen molar-refractivity contribution in [2.24, 2.45) is 0 Å². The van der Waals surface area contributed by atoms with E-state index in [2.05, 4.69) is 5.32 Å². The minimum Gasteiger partial charge on any atom is -0.508 e. The highest BCUT2D eigenvalue weighted by Crippen LogP contribution is 2.42.